The van der Waals surface area contributed by atoms with Crippen molar-refractivity contribution in [1.29, 1.82) is 0 Å². The molecule has 0 spiro atoms. The molecule has 0 aliphatic rings. The van der Waals surface area contributed by atoms with Gasteiger partial charge in [0.25, 0.3) is 5.91 Å². The number of amides is 1. The highest BCUT2D eigenvalue weighted by molar-refractivity contribution is 6.03. The van der Waals surface area contributed by atoms with Crippen LogP contribution in [0.2, 0.25) is 0 Å². The number of anilines is 1. The van der Waals surface area contributed by atoms with Crippen LogP contribution in [0.3, 0.4) is 0 Å². The topological polar surface area (TPSA) is 42.0 Å². The third kappa shape index (κ3) is 2.91. The molecule has 1 amide bonds. The molecule has 0 atom stereocenters. The maximum Gasteiger partial charge on any atom is 0.256 e. The fraction of sp³-hybridized carbons (Fsp3) is 0.143. The summed E-state index contributed by atoms with van der Waals surface area (Å²) >= 11 is 0. The first-order chi connectivity index (χ1) is 8.54. The van der Waals surface area contributed by atoms with Gasteiger partial charge in [-0.2, -0.15) is 0 Å². The van der Waals surface area contributed by atoms with E-state index in [0.717, 1.165) is 11.3 Å². The van der Waals surface area contributed by atoms with Crippen LogP contribution in [0.15, 0.2) is 36.4 Å². The summed E-state index contributed by atoms with van der Waals surface area (Å²) in [5, 5.41) is 2.69. The van der Waals surface area contributed by atoms with Crippen LogP contribution >= 0.6 is 0 Å². The molecule has 0 aliphatic heterocycles. The Balaban J connectivity index is 2.18. The molecule has 1 N–H and O–H groups in total. The van der Waals surface area contributed by atoms with Gasteiger partial charge in [-0.1, -0.05) is 0 Å². The molecule has 18 heavy (non-hydrogen) atoms. The average molecular weight is 244 g/mol. The predicted molar refractivity (Wildman–Crippen MR) is 68.1 cm³/mol. The largest absolute Gasteiger partial charge is 0.307 e. The zero-order valence-corrected chi connectivity index (χ0v) is 10.2. The first-order valence-electron chi connectivity index (χ1n) is 5.57. The van der Waals surface area contributed by atoms with E-state index in [4.69, 9.17) is 0 Å². The third-order valence-electron chi connectivity index (χ3n) is 2.45. The number of aryl methyl sites for hydroxylation is 2. The van der Waals surface area contributed by atoms with Crippen LogP contribution in [0, 0.1) is 19.7 Å². The average Bonchev–Trinajstić information content (AvgIpc) is 2.28. The molecule has 0 unspecified atom stereocenters. The van der Waals surface area contributed by atoms with Gasteiger partial charge in [-0.25, -0.2) is 9.37 Å². The number of pyridine rings is 1. The van der Waals surface area contributed by atoms with Gasteiger partial charge in [-0.15, -0.1) is 0 Å². The van der Waals surface area contributed by atoms with Crippen LogP contribution in [0.25, 0.3) is 0 Å². The number of aromatic nitrogens is 1. The van der Waals surface area contributed by atoms with Gasteiger partial charge in [0.05, 0.1) is 0 Å². The van der Waals surface area contributed by atoms with Gasteiger partial charge in [0, 0.05) is 11.3 Å². The predicted octanol–water partition coefficient (Wildman–Crippen LogP) is 3.09. The van der Waals surface area contributed by atoms with Gasteiger partial charge < -0.3 is 5.32 Å². The molecule has 2 rings (SSSR count). The number of halogens is 1. The monoisotopic (exact) mass is 244 g/mol. The molecule has 0 radical (unpaired) electrons. The van der Waals surface area contributed by atoms with Gasteiger partial charge in [0.15, 0.2) is 0 Å². The van der Waals surface area contributed by atoms with Crippen molar-refractivity contribution in [3.63, 3.8) is 0 Å². The Morgan fingerprint density at radius 2 is 1.83 bits per heavy atom. The standard InChI is InChI=1S/C14H13FN2O/c1-9-7-10(2)16-13(8-9)17-14(18)11-3-5-12(15)6-4-11/h3-8H,1-2H3,(H,16,17,18). The van der Waals surface area contributed by atoms with Crippen molar-refractivity contribution < 1.29 is 9.18 Å². The molecule has 1 aromatic heterocycles. The third-order valence-corrected chi connectivity index (χ3v) is 2.45. The lowest BCUT2D eigenvalue weighted by Crippen LogP contribution is -2.13. The number of carbonyl (C=O) groups is 1. The quantitative estimate of drug-likeness (QED) is 0.882. The van der Waals surface area contributed by atoms with E-state index in [9.17, 15) is 9.18 Å². The van der Waals surface area contributed by atoms with Crippen LogP contribution in [0.4, 0.5) is 10.2 Å². The Hall–Kier alpha value is -2.23. The minimum atomic E-state index is -0.365. The van der Waals surface area contributed by atoms with Crippen LogP contribution in [0.1, 0.15) is 21.6 Å². The van der Waals surface area contributed by atoms with E-state index in [1.807, 2.05) is 19.9 Å². The summed E-state index contributed by atoms with van der Waals surface area (Å²) < 4.78 is 12.7. The molecule has 0 saturated heterocycles. The van der Waals surface area contributed by atoms with Gasteiger partial charge in [-0.05, 0) is 55.8 Å². The van der Waals surface area contributed by atoms with Crippen molar-refractivity contribution in [2.24, 2.45) is 0 Å². The van der Waals surface area contributed by atoms with E-state index in [1.165, 1.54) is 24.3 Å². The van der Waals surface area contributed by atoms with E-state index in [2.05, 4.69) is 10.3 Å². The smallest absolute Gasteiger partial charge is 0.256 e. The highest BCUT2D eigenvalue weighted by Gasteiger charge is 2.07. The van der Waals surface area contributed by atoms with Crippen molar-refractivity contribution in [3.05, 3.63) is 59.0 Å². The Morgan fingerprint density at radius 1 is 1.17 bits per heavy atom. The molecule has 92 valence electrons. The number of rotatable bonds is 2. The maximum atomic E-state index is 12.7. The number of nitrogens with one attached hydrogen (secondary N) is 1. The summed E-state index contributed by atoms with van der Waals surface area (Å²) in [5.41, 5.74) is 2.26. The summed E-state index contributed by atoms with van der Waals surface area (Å²) in [6.07, 6.45) is 0. The van der Waals surface area contributed by atoms with Crippen LogP contribution in [0.5, 0.6) is 0 Å². The Kier molecular flexibility index (Phi) is 3.37. The molecule has 0 bridgehead atoms. The molecular formula is C14H13FN2O. The fourth-order valence-electron chi connectivity index (χ4n) is 1.70. The lowest BCUT2D eigenvalue weighted by molar-refractivity contribution is 0.102. The van der Waals surface area contributed by atoms with Crippen LogP contribution < -0.4 is 5.32 Å². The summed E-state index contributed by atoms with van der Waals surface area (Å²) in [4.78, 5) is 16.1. The first kappa shape index (κ1) is 12.2. The number of hydrogen-bond acceptors (Lipinski definition) is 2. The minimum Gasteiger partial charge on any atom is -0.307 e. The zero-order chi connectivity index (χ0) is 13.1. The highest BCUT2D eigenvalue weighted by atomic mass is 19.1. The molecule has 1 heterocycles. The molecule has 1 aromatic carbocycles. The molecule has 3 nitrogen and oxygen atoms in total. The van der Waals surface area contributed by atoms with E-state index in [0.29, 0.717) is 11.4 Å². The summed E-state index contributed by atoms with van der Waals surface area (Å²) in [5.74, 6) is -0.162. The van der Waals surface area contributed by atoms with Crippen molar-refractivity contribution in [1.82, 2.24) is 4.98 Å². The SMILES string of the molecule is Cc1cc(C)nc(NC(=O)c2ccc(F)cc2)c1. The van der Waals surface area contributed by atoms with Gasteiger partial charge in [0.2, 0.25) is 0 Å². The second-order valence-corrected chi connectivity index (χ2v) is 4.13. The Labute approximate surface area is 105 Å². The fourth-order valence-corrected chi connectivity index (χ4v) is 1.70. The molecule has 2 aromatic rings. The molecular weight excluding hydrogens is 231 g/mol. The number of benzene rings is 1. The molecule has 0 saturated carbocycles. The second kappa shape index (κ2) is 4.96. The van der Waals surface area contributed by atoms with Crippen LogP contribution in [-0.2, 0) is 0 Å². The summed E-state index contributed by atoms with van der Waals surface area (Å²) in [7, 11) is 0. The zero-order valence-electron chi connectivity index (χ0n) is 10.2. The normalized spacial score (nSPS) is 10.2. The second-order valence-electron chi connectivity index (χ2n) is 4.13. The Morgan fingerprint density at radius 3 is 2.44 bits per heavy atom. The highest BCUT2D eigenvalue weighted by Crippen LogP contribution is 2.11. The van der Waals surface area contributed by atoms with Crippen molar-refractivity contribution in [3.8, 4) is 0 Å². The van der Waals surface area contributed by atoms with Crippen molar-refractivity contribution in [2.75, 3.05) is 5.32 Å². The lowest BCUT2D eigenvalue weighted by atomic mass is 10.2. The Bertz CT molecular complexity index is 559. The van der Waals surface area contributed by atoms with Crippen LogP contribution in [-0.4, -0.2) is 10.9 Å². The number of nitrogens with zero attached hydrogens (tertiary/aromatic N) is 1. The van der Waals surface area contributed by atoms with Crippen molar-refractivity contribution >= 4 is 11.7 Å². The first-order valence-corrected chi connectivity index (χ1v) is 5.57. The summed E-state index contributed by atoms with van der Waals surface area (Å²) in [6.45, 7) is 3.79. The number of carbonyl (C=O) groups excluding carboxylic acids is 1. The van der Waals surface area contributed by atoms with E-state index >= 15 is 0 Å². The van der Waals surface area contributed by atoms with E-state index in [-0.39, 0.29) is 11.7 Å². The maximum absolute atomic E-state index is 12.7. The molecule has 4 heteroatoms. The van der Waals surface area contributed by atoms with E-state index < -0.39 is 0 Å². The number of hydrogen-bond donors (Lipinski definition) is 1. The van der Waals surface area contributed by atoms with Gasteiger partial charge in [-0.3, -0.25) is 4.79 Å². The lowest BCUT2D eigenvalue weighted by Gasteiger charge is -2.06. The minimum absolute atomic E-state index is 0.299. The summed E-state index contributed by atoms with van der Waals surface area (Å²) in [6, 6.07) is 9.09. The van der Waals surface area contributed by atoms with Gasteiger partial charge in [0.1, 0.15) is 11.6 Å². The van der Waals surface area contributed by atoms with Gasteiger partial charge >= 0.3 is 0 Å². The van der Waals surface area contributed by atoms with E-state index in [1.54, 1.807) is 6.07 Å². The molecule has 0 aliphatic carbocycles. The van der Waals surface area contributed by atoms with Crippen molar-refractivity contribution in [2.45, 2.75) is 13.8 Å². The molecule has 0 fully saturated rings.